The van der Waals surface area contributed by atoms with Gasteiger partial charge in [0.2, 0.25) is 5.91 Å². The summed E-state index contributed by atoms with van der Waals surface area (Å²) in [4.78, 5) is 42.5. The van der Waals surface area contributed by atoms with Crippen LogP contribution in [0.2, 0.25) is 0 Å². The molecule has 2 heterocycles. The number of carbonyl (C=O) groups is 3. The third kappa shape index (κ3) is 3.54. The number of methoxy groups -OCH3 is 1. The Kier molecular flexibility index (Phi) is 5.56. The second kappa shape index (κ2) is 7.75. The van der Waals surface area contributed by atoms with E-state index in [4.69, 9.17) is 4.74 Å². The topological polar surface area (TPSA) is 66.9 Å². The van der Waals surface area contributed by atoms with Gasteiger partial charge >= 0.3 is 0 Å². The summed E-state index contributed by atoms with van der Waals surface area (Å²) in [6, 6.07) is 9.48. The number of carbonyl (C=O) groups excluding carboxylic acids is 3. The highest BCUT2D eigenvalue weighted by Gasteiger charge is 2.48. The first kappa shape index (κ1) is 20.1. The smallest absolute Gasteiger partial charge is 0.265 e. The second-order valence-corrected chi connectivity index (χ2v) is 8.25. The summed E-state index contributed by atoms with van der Waals surface area (Å²) < 4.78 is 5.14. The molecule has 1 saturated heterocycles. The highest BCUT2D eigenvalue weighted by atomic mass is 32.1. The minimum atomic E-state index is -0.820. The van der Waals surface area contributed by atoms with Gasteiger partial charge in [0, 0.05) is 5.54 Å². The summed E-state index contributed by atoms with van der Waals surface area (Å²) in [6.45, 7) is 5.82. The van der Waals surface area contributed by atoms with Gasteiger partial charge in [-0.05, 0) is 56.0 Å². The minimum Gasteiger partial charge on any atom is -0.497 e. The molecule has 28 heavy (non-hydrogen) atoms. The highest BCUT2D eigenvalue weighted by molar-refractivity contribution is 7.12. The molecule has 2 aromatic rings. The predicted molar refractivity (Wildman–Crippen MR) is 109 cm³/mol. The van der Waals surface area contributed by atoms with Gasteiger partial charge in [-0.3, -0.25) is 14.4 Å². The van der Waals surface area contributed by atoms with Crippen molar-refractivity contribution in [1.29, 1.82) is 0 Å². The first-order valence-corrected chi connectivity index (χ1v) is 10.1. The molecular formula is C21H24N2O4S. The average Bonchev–Trinajstić information content (AvgIpc) is 3.31. The Morgan fingerprint density at radius 2 is 1.93 bits per heavy atom. The number of ether oxygens (including phenoxy) is 1. The average molecular weight is 401 g/mol. The van der Waals surface area contributed by atoms with Gasteiger partial charge in [0.15, 0.2) is 0 Å². The van der Waals surface area contributed by atoms with Crippen molar-refractivity contribution in [2.45, 2.75) is 45.2 Å². The molecule has 1 aliphatic rings. The van der Waals surface area contributed by atoms with E-state index in [0.29, 0.717) is 22.7 Å². The molecule has 7 heteroatoms. The summed E-state index contributed by atoms with van der Waals surface area (Å²) in [5.74, 6) is -0.261. The van der Waals surface area contributed by atoms with Crippen molar-refractivity contribution in [1.82, 2.24) is 4.90 Å². The lowest BCUT2D eigenvalue weighted by atomic mass is 9.95. The molecule has 1 aromatic carbocycles. The van der Waals surface area contributed by atoms with Crippen molar-refractivity contribution < 1.29 is 19.1 Å². The van der Waals surface area contributed by atoms with E-state index in [0.717, 1.165) is 0 Å². The fraction of sp³-hybridized carbons (Fsp3) is 0.381. The van der Waals surface area contributed by atoms with Crippen LogP contribution in [0.5, 0.6) is 5.75 Å². The van der Waals surface area contributed by atoms with E-state index in [1.54, 1.807) is 48.4 Å². The lowest BCUT2D eigenvalue weighted by molar-refractivity contribution is -0.123. The van der Waals surface area contributed by atoms with Gasteiger partial charge in [0.25, 0.3) is 11.8 Å². The molecule has 0 saturated carbocycles. The van der Waals surface area contributed by atoms with Crippen molar-refractivity contribution in [3.8, 4) is 5.75 Å². The van der Waals surface area contributed by atoms with Crippen LogP contribution < -0.4 is 9.64 Å². The van der Waals surface area contributed by atoms with E-state index in [1.807, 2.05) is 26.2 Å². The third-order valence-corrected chi connectivity index (χ3v) is 6.09. The predicted octanol–water partition coefficient (Wildman–Crippen LogP) is 3.72. The molecule has 0 bridgehead atoms. The lowest BCUT2D eigenvalue weighted by Crippen LogP contribution is -2.55. The van der Waals surface area contributed by atoms with Crippen LogP contribution >= 0.6 is 11.3 Å². The maximum absolute atomic E-state index is 13.2. The number of nitrogens with zero attached hydrogens (tertiary/aromatic N) is 2. The Morgan fingerprint density at radius 3 is 2.46 bits per heavy atom. The molecule has 3 rings (SSSR count). The van der Waals surface area contributed by atoms with Gasteiger partial charge in [0.05, 0.1) is 24.1 Å². The fourth-order valence-corrected chi connectivity index (χ4v) is 4.01. The highest BCUT2D eigenvalue weighted by Crippen LogP contribution is 2.33. The minimum absolute atomic E-state index is 0.0224. The Morgan fingerprint density at radius 1 is 1.25 bits per heavy atom. The number of amides is 3. The number of anilines is 1. The molecule has 0 spiro atoms. The van der Waals surface area contributed by atoms with E-state index in [-0.39, 0.29) is 24.1 Å². The molecule has 1 aromatic heterocycles. The monoisotopic (exact) mass is 400 g/mol. The molecule has 3 amide bonds. The number of imide groups is 1. The van der Waals surface area contributed by atoms with E-state index < -0.39 is 11.6 Å². The van der Waals surface area contributed by atoms with Crippen molar-refractivity contribution in [3.63, 3.8) is 0 Å². The van der Waals surface area contributed by atoms with Crippen molar-refractivity contribution in [3.05, 3.63) is 46.7 Å². The van der Waals surface area contributed by atoms with Gasteiger partial charge in [-0.15, -0.1) is 11.3 Å². The Labute approximate surface area is 168 Å². The summed E-state index contributed by atoms with van der Waals surface area (Å²) in [5.41, 5.74) is -0.0893. The number of benzene rings is 1. The molecule has 1 unspecified atom stereocenters. The largest absolute Gasteiger partial charge is 0.497 e. The molecule has 6 nitrogen and oxygen atoms in total. The first-order valence-electron chi connectivity index (χ1n) is 9.18. The van der Waals surface area contributed by atoms with Crippen LogP contribution in [-0.2, 0) is 9.59 Å². The summed E-state index contributed by atoms with van der Waals surface area (Å²) in [6.07, 6.45) is 0.635. The van der Waals surface area contributed by atoms with Gasteiger partial charge in [-0.2, -0.15) is 0 Å². The molecule has 1 atom stereocenters. The Hall–Kier alpha value is -2.67. The molecule has 148 valence electrons. The molecule has 0 N–H and O–H groups in total. The van der Waals surface area contributed by atoms with Crippen LogP contribution in [0.25, 0.3) is 0 Å². The van der Waals surface area contributed by atoms with Crippen LogP contribution in [-0.4, -0.2) is 41.3 Å². The molecule has 0 aliphatic carbocycles. The maximum atomic E-state index is 13.2. The molecule has 1 fully saturated rings. The number of rotatable bonds is 6. The SMILES string of the molecule is CCC(C)(C)N(C(=O)c1cccs1)C1CC(=O)N(c2ccc(OC)cc2)C1=O. The number of hydrogen-bond acceptors (Lipinski definition) is 5. The van der Waals surface area contributed by atoms with Gasteiger partial charge < -0.3 is 9.64 Å². The fourth-order valence-electron chi connectivity index (χ4n) is 3.35. The molecular weight excluding hydrogens is 376 g/mol. The number of hydrogen-bond donors (Lipinski definition) is 0. The van der Waals surface area contributed by atoms with Crippen molar-refractivity contribution in [2.24, 2.45) is 0 Å². The van der Waals surface area contributed by atoms with Crippen LogP contribution in [0.1, 0.15) is 43.3 Å². The van der Waals surface area contributed by atoms with Crippen molar-refractivity contribution in [2.75, 3.05) is 12.0 Å². The van der Waals surface area contributed by atoms with Crippen LogP contribution in [0.3, 0.4) is 0 Å². The lowest BCUT2D eigenvalue weighted by Gasteiger charge is -2.41. The summed E-state index contributed by atoms with van der Waals surface area (Å²) >= 11 is 1.33. The normalized spacial score (nSPS) is 17.1. The second-order valence-electron chi connectivity index (χ2n) is 7.30. The van der Waals surface area contributed by atoms with Gasteiger partial charge in [0.1, 0.15) is 11.8 Å². The molecule has 1 aliphatic heterocycles. The van der Waals surface area contributed by atoms with Crippen molar-refractivity contribution >= 4 is 34.7 Å². The van der Waals surface area contributed by atoms with E-state index in [1.165, 1.54) is 16.2 Å². The summed E-state index contributed by atoms with van der Waals surface area (Å²) in [7, 11) is 1.55. The zero-order valence-corrected chi connectivity index (χ0v) is 17.3. The first-order chi connectivity index (χ1) is 13.3. The van der Waals surface area contributed by atoms with Crippen LogP contribution in [0.15, 0.2) is 41.8 Å². The Balaban J connectivity index is 1.96. The van der Waals surface area contributed by atoms with Gasteiger partial charge in [-0.25, -0.2) is 4.90 Å². The van der Waals surface area contributed by atoms with Crippen LogP contribution in [0, 0.1) is 0 Å². The summed E-state index contributed by atoms with van der Waals surface area (Å²) in [5, 5.41) is 1.83. The van der Waals surface area contributed by atoms with E-state index in [9.17, 15) is 14.4 Å². The zero-order valence-electron chi connectivity index (χ0n) is 16.5. The van der Waals surface area contributed by atoms with Gasteiger partial charge in [-0.1, -0.05) is 13.0 Å². The van der Waals surface area contributed by atoms with E-state index >= 15 is 0 Å². The van der Waals surface area contributed by atoms with E-state index in [2.05, 4.69) is 0 Å². The standard InChI is InChI=1S/C21H24N2O4S/c1-5-21(2,3)23(20(26)17-7-6-12-28-17)16-13-18(24)22(19(16)25)14-8-10-15(27-4)11-9-14/h6-12,16H,5,13H2,1-4H3. The number of thiophene rings is 1. The Bertz CT molecular complexity index is 874. The quantitative estimate of drug-likeness (QED) is 0.693. The third-order valence-electron chi connectivity index (χ3n) is 5.23. The van der Waals surface area contributed by atoms with Crippen LogP contribution in [0.4, 0.5) is 5.69 Å². The zero-order chi connectivity index (χ0) is 20.5. The maximum Gasteiger partial charge on any atom is 0.265 e. The molecule has 0 radical (unpaired) electrons.